The lowest BCUT2D eigenvalue weighted by atomic mass is 9.83. The summed E-state index contributed by atoms with van der Waals surface area (Å²) in [6, 6.07) is 0.279. The third-order valence-electron chi connectivity index (χ3n) is 5.31. The standard InChI is InChI=1S/C17H30N2O2/c1-2-21-17(20)18-16-9-15(8-13-6-7-13)11-19(12-16)10-14-4-3-5-14/h13-16H,2-12H2,1H3,(H,18,20). The zero-order valence-corrected chi connectivity index (χ0v) is 13.4. The third kappa shape index (κ3) is 4.60. The topological polar surface area (TPSA) is 41.6 Å². The van der Waals surface area contributed by atoms with E-state index in [2.05, 4.69) is 10.2 Å². The zero-order chi connectivity index (χ0) is 14.7. The first-order chi connectivity index (χ1) is 10.2. The first-order valence-corrected chi connectivity index (χ1v) is 8.88. The fraction of sp³-hybridized carbons (Fsp3) is 0.941. The van der Waals surface area contributed by atoms with Gasteiger partial charge in [-0.05, 0) is 50.4 Å². The van der Waals surface area contributed by atoms with Crippen LogP contribution in [0.3, 0.4) is 0 Å². The molecule has 1 amide bonds. The molecule has 1 saturated heterocycles. The second-order valence-corrected chi connectivity index (χ2v) is 7.36. The van der Waals surface area contributed by atoms with E-state index in [0.29, 0.717) is 6.61 Å². The highest BCUT2D eigenvalue weighted by Gasteiger charge is 2.34. The normalized spacial score (nSPS) is 30.7. The van der Waals surface area contributed by atoms with E-state index in [1.165, 1.54) is 51.6 Å². The molecule has 4 heteroatoms. The Labute approximate surface area is 128 Å². The highest BCUT2D eigenvalue weighted by atomic mass is 16.5. The van der Waals surface area contributed by atoms with Crippen LogP contribution in [0.1, 0.15) is 51.9 Å². The van der Waals surface area contributed by atoms with Crippen LogP contribution in [0.25, 0.3) is 0 Å². The van der Waals surface area contributed by atoms with E-state index >= 15 is 0 Å². The van der Waals surface area contributed by atoms with Crippen LogP contribution in [0.2, 0.25) is 0 Å². The number of nitrogens with zero attached hydrogens (tertiary/aromatic N) is 1. The van der Waals surface area contributed by atoms with Gasteiger partial charge in [0.05, 0.1) is 6.61 Å². The van der Waals surface area contributed by atoms with Gasteiger partial charge in [-0.1, -0.05) is 19.3 Å². The van der Waals surface area contributed by atoms with E-state index in [1.54, 1.807) is 0 Å². The van der Waals surface area contributed by atoms with Crippen molar-refractivity contribution in [3.05, 3.63) is 0 Å². The van der Waals surface area contributed by atoms with E-state index in [0.717, 1.165) is 30.7 Å². The predicted molar refractivity (Wildman–Crippen MR) is 83.2 cm³/mol. The molecule has 21 heavy (non-hydrogen) atoms. The number of likely N-dealkylation sites (tertiary alicyclic amines) is 1. The molecule has 120 valence electrons. The van der Waals surface area contributed by atoms with Crippen molar-refractivity contribution >= 4 is 6.09 Å². The predicted octanol–water partition coefficient (Wildman–Crippen LogP) is 3.02. The van der Waals surface area contributed by atoms with Crippen molar-refractivity contribution in [2.24, 2.45) is 17.8 Å². The first kappa shape index (κ1) is 15.1. The van der Waals surface area contributed by atoms with Gasteiger partial charge in [0.1, 0.15) is 0 Å². The van der Waals surface area contributed by atoms with Crippen molar-refractivity contribution in [3.8, 4) is 0 Å². The van der Waals surface area contributed by atoms with Gasteiger partial charge in [-0.25, -0.2) is 4.79 Å². The maximum Gasteiger partial charge on any atom is 0.407 e. The van der Waals surface area contributed by atoms with Gasteiger partial charge >= 0.3 is 6.09 Å². The first-order valence-electron chi connectivity index (χ1n) is 8.88. The molecule has 3 rings (SSSR count). The number of piperidine rings is 1. The van der Waals surface area contributed by atoms with Crippen LogP contribution in [-0.4, -0.2) is 43.3 Å². The largest absolute Gasteiger partial charge is 0.450 e. The van der Waals surface area contributed by atoms with Crippen molar-refractivity contribution in [1.29, 1.82) is 0 Å². The number of ether oxygens (including phenoxy) is 1. The van der Waals surface area contributed by atoms with E-state index in [-0.39, 0.29) is 12.1 Å². The molecule has 4 nitrogen and oxygen atoms in total. The lowest BCUT2D eigenvalue weighted by Crippen LogP contribution is -2.52. The molecule has 3 fully saturated rings. The number of alkyl carbamates (subject to hydrolysis) is 1. The SMILES string of the molecule is CCOC(=O)NC1CC(CC2CC2)CN(CC2CCC2)C1. The Morgan fingerprint density at radius 1 is 1.14 bits per heavy atom. The van der Waals surface area contributed by atoms with Gasteiger partial charge in [-0.3, -0.25) is 0 Å². The van der Waals surface area contributed by atoms with Crippen molar-refractivity contribution in [2.75, 3.05) is 26.2 Å². The van der Waals surface area contributed by atoms with Gasteiger partial charge in [0.2, 0.25) is 0 Å². The van der Waals surface area contributed by atoms with Gasteiger partial charge < -0.3 is 15.0 Å². The summed E-state index contributed by atoms with van der Waals surface area (Å²) in [5, 5.41) is 3.08. The fourth-order valence-corrected chi connectivity index (χ4v) is 3.93. The molecule has 0 aromatic heterocycles. The second kappa shape index (κ2) is 6.99. The fourth-order valence-electron chi connectivity index (χ4n) is 3.93. The molecule has 2 aliphatic carbocycles. The van der Waals surface area contributed by atoms with Crippen LogP contribution in [-0.2, 0) is 4.74 Å². The second-order valence-electron chi connectivity index (χ2n) is 7.36. The van der Waals surface area contributed by atoms with Crippen LogP contribution in [0.5, 0.6) is 0 Å². The van der Waals surface area contributed by atoms with Gasteiger partial charge in [0.25, 0.3) is 0 Å². The van der Waals surface area contributed by atoms with Crippen LogP contribution >= 0.6 is 0 Å². The molecule has 1 aliphatic heterocycles. The summed E-state index contributed by atoms with van der Waals surface area (Å²) in [6.45, 7) is 5.81. The Kier molecular flexibility index (Phi) is 5.04. The number of carbonyl (C=O) groups is 1. The summed E-state index contributed by atoms with van der Waals surface area (Å²) in [5.74, 6) is 2.65. The Bertz CT molecular complexity index is 353. The Hall–Kier alpha value is -0.770. The van der Waals surface area contributed by atoms with E-state index in [9.17, 15) is 4.79 Å². The number of hydrogen-bond donors (Lipinski definition) is 1. The lowest BCUT2D eigenvalue weighted by molar-refractivity contribution is 0.0894. The smallest absolute Gasteiger partial charge is 0.407 e. The number of amides is 1. The molecule has 0 spiro atoms. The average molecular weight is 294 g/mol. The molecule has 3 aliphatic rings. The maximum atomic E-state index is 11.7. The van der Waals surface area contributed by atoms with Crippen LogP contribution in [0.4, 0.5) is 4.79 Å². The van der Waals surface area contributed by atoms with Crippen LogP contribution in [0, 0.1) is 17.8 Å². The summed E-state index contributed by atoms with van der Waals surface area (Å²) < 4.78 is 5.05. The van der Waals surface area contributed by atoms with Gasteiger partial charge in [0, 0.05) is 25.7 Å². The number of carbonyl (C=O) groups excluding carboxylic acids is 1. The molecule has 2 saturated carbocycles. The Morgan fingerprint density at radius 2 is 1.95 bits per heavy atom. The van der Waals surface area contributed by atoms with E-state index in [4.69, 9.17) is 4.74 Å². The molecule has 2 atom stereocenters. The average Bonchev–Trinajstić information content (AvgIpc) is 3.18. The molecule has 0 bridgehead atoms. The molecule has 0 aromatic carbocycles. The lowest BCUT2D eigenvalue weighted by Gasteiger charge is -2.41. The number of nitrogens with one attached hydrogen (secondary N) is 1. The number of hydrogen-bond acceptors (Lipinski definition) is 3. The third-order valence-corrected chi connectivity index (χ3v) is 5.31. The summed E-state index contributed by atoms with van der Waals surface area (Å²) >= 11 is 0. The van der Waals surface area contributed by atoms with E-state index < -0.39 is 0 Å². The molecule has 1 heterocycles. The molecule has 2 unspecified atom stereocenters. The molecular formula is C17H30N2O2. The molecule has 0 radical (unpaired) electrons. The zero-order valence-electron chi connectivity index (χ0n) is 13.4. The minimum Gasteiger partial charge on any atom is -0.450 e. The molecule has 1 N–H and O–H groups in total. The van der Waals surface area contributed by atoms with Gasteiger partial charge in [-0.2, -0.15) is 0 Å². The highest BCUT2D eigenvalue weighted by Crippen LogP contribution is 2.38. The monoisotopic (exact) mass is 294 g/mol. The minimum atomic E-state index is -0.238. The van der Waals surface area contributed by atoms with Gasteiger partial charge in [-0.15, -0.1) is 0 Å². The van der Waals surface area contributed by atoms with Crippen LogP contribution in [0.15, 0.2) is 0 Å². The van der Waals surface area contributed by atoms with Crippen molar-refractivity contribution in [2.45, 2.75) is 57.9 Å². The summed E-state index contributed by atoms with van der Waals surface area (Å²) in [4.78, 5) is 14.3. The highest BCUT2D eigenvalue weighted by molar-refractivity contribution is 5.67. The number of rotatable bonds is 6. The summed E-state index contributed by atoms with van der Waals surface area (Å²) in [6.07, 6.45) is 9.33. The summed E-state index contributed by atoms with van der Waals surface area (Å²) in [7, 11) is 0. The Morgan fingerprint density at radius 3 is 2.57 bits per heavy atom. The van der Waals surface area contributed by atoms with Crippen molar-refractivity contribution in [3.63, 3.8) is 0 Å². The van der Waals surface area contributed by atoms with Crippen LogP contribution < -0.4 is 5.32 Å². The van der Waals surface area contributed by atoms with Crippen molar-refractivity contribution < 1.29 is 9.53 Å². The maximum absolute atomic E-state index is 11.7. The Balaban J connectivity index is 1.51. The minimum absolute atomic E-state index is 0.238. The molecular weight excluding hydrogens is 264 g/mol. The van der Waals surface area contributed by atoms with Gasteiger partial charge in [0.15, 0.2) is 0 Å². The van der Waals surface area contributed by atoms with E-state index in [1.807, 2.05) is 6.92 Å². The molecule has 0 aromatic rings. The van der Waals surface area contributed by atoms with Crippen molar-refractivity contribution in [1.82, 2.24) is 10.2 Å². The quantitative estimate of drug-likeness (QED) is 0.818. The summed E-state index contributed by atoms with van der Waals surface area (Å²) in [5.41, 5.74) is 0.